The van der Waals surface area contributed by atoms with Crippen LogP contribution in [0, 0.1) is 11.7 Å². The van der Waals surface area contributed by atoms with Crippen molar-refractivity contribution in [3.8, 4) is 17.1 Å². The van der Waals surface area contributed by atoms with Gasteiger partial charge in [-0.2, -0.15) is 0 Å². The molecule has 0 aliphatic heterocycles. The van der Waals surface area contributed by atoms with Crippen molar-refractivity contribution in [1.29, 1.82) is 0 Å². The number of rotatable bonds is 7. The molecule has 1 aliphatic rings. The summed E-state index contributed by atoms with van der Waals surface area (Å²) in [7, 11) is -1.55. The zero-order valence-electron chi connectivity index (χ0n) is 19.6. The van der Waals surface area contributed by atoms with Crippen molar-refractivity contribution >= 4 is 20.6 Å². The second-order valence-electron chi connectivity index (χ2n) is 9.33. The van der Waals surface area contributed by atoms with Crippen molar-refractivity contribution in [2.24, 2.45) is 5.92 Å². The Labute approximate surface area is 196 Å². The van der Waals surface area contributed by atoms with Crippen molar-refractivity contribution in [3.63, 3.8) is 0 Å². The van der Waals surface area contributed by atoms with Crippen LogP contribution >= 0.6 is 0 Å². The SMILES string of the molecule is COc1nc(-c2ccc3cccc(F)c3c2)ccc1C(C)C(C)CS(=O)(=O)C1CCCCC1. The van der Waals surface area contributed by atoms with Crippen molar-refractivity contribution < 1.29 is 17.5 Å². The fraction of sp³-hybridized carbons (Fsp3) is 0.444. The fourth-order valence-electron chi connectivity index (χ4n) is 4.89. The molecular weight excluding hydrogens is 437 g/mol. The third kappa shape index (κ3) is 5.06. The number of halogens is 1. The van der Waals surface area contributed by atoms with E-state index in [9.17, 15) is 12.8 Å². The Morgan fingerprint density at radius 1 is 1.06 bits per heavy atom. The van der Waals surface area contributed by atoms with Gasteiger partial charge in [-0.3, -0.25) is 0 Å². The Hall–Kier alpha value is -2.47. The van der Waals surface area contributed by atoms with Gasteiger partial charge in [-0.25, -0.2) is 17.8 Å². The monoisotopic (exact) mass is 469 g/mol. The summed E-state index contributed by atoms with van der Waals surface area (Å²) in [5.41, 5.74) is 2.38. The average Bonchev–Trinajstić information content (AvgIpc) is 2.83. The first-order chi connectivity index (χ1) is 15.8. The number of nitrogens with zero attached hydrogens (tertiary/aromatic N) is 1. The molecule has 1 aliphatic carbocycles. The van der Waals surface area contributed by atoms with E-state index in [1.165, 1.54) is 6.07 Å². The summed E-state index contributed by atoms with van der Waals surface area (Å²) in [6.07, 6.45) is 4.72. The molecule has 0 radical (unpaired) electrons. The van der Waals surface area contributed by atoms with Crippen LogP contribution in [0.25, 0.3) is 22.0 Å². The van der Waals surface area contributed by atoms with Crippen LogP contribution in [-0.4, -0.2) is 31.5 Å². The van der Waals surface area contributed by atoms with Crippen molar-refractivity contribution in [2.75, 3.05) is 12.9 Å². The van der Waals surface area contributed by atoms with Crippen LogP contribution in [0.15, 0.2) is 48.5 Å². The zero-order valence-corrected chi connectivity index (χ0v) is 20.4. The van der Waals surface area contributed by atoms with Gasteiger partial charge in [0.05, 0.1) is 23.8 Å². The highest BCUT2D eigenvalue weighted by Gasteiger charge is 2.31. The van der Waals surface area contributed by atoms with Crippen LogP contribution in [-0.2, 0) is 9.84 Å². The number of fused-ring (bicyclic) bond motifs is 1. The van der Waals surface area contributed by atoms with Gasteiger partial charge in [-0.05, 0) is 48.3 Å². The number of hydrogen-bond acceptors (Lipinski definition) is 4. The molecule has 0 bridgehead atoms. The van der Waals surface area contributed by atoms with Crippen molar-refractivity contribution in [1.82, 2.24) is 4.98 Å². The number of ether oxygens (including phenoxy) is 1. The van der Waals surface area contributed by atoms with Crippen molar-refractivity contribution in [2.45, 2.75) is 57.1 Å². The minimum absolute atomic E-state index is 0.0334. The van der Waals surface area contributed by atoms with E-state index in [2.05, 4.69) is 0 Å². The van der Waals surface area contributed by atoms with E-state index < -0.39 is 9.84 Å². The molecule has 4 nitrogen and oxygen atoms in total. The summed E-state index contributed by atoms with van der Waals surface area (Å²) in [5.74, 6) is 0.297. The molecule has 4 rings (SSSR count). The molecule has 1 fully saturated rings. The van der Waals surface area contributed by atoms with Crippen LogP contribution in [0.5, 0.6) is 5.88 Å². The first kappa shape index (κ1) is 23.7. The van der Waals surface area contributed by atoms with E-state index in [0.29, 0.717) is 17.0 Å². The van der Waals surface area contributed by atoms with Crippen LogP contribution in [0.2, 0.25) is 0 Å². The highest BCUT2D eigenvalue weighted by molar-refractivity contribution is 7.92. The van der Waals surface area contributed by atoms with Crippen molar-refractivity contribution in [3.05, 3.63) is 59.9 Å². The largest absolute Gasteiger partial charge is 0.481 e. The molecule has 1 saturated carbocycles. The highest BCUT2D eigenvalue weighted by atomic mass is 32.2. The Balaban J connectivity index is 1.58. The quantitative estimate of drug-likeness (QED) is 0.394. The van der Waals surface area contributed by atoms with Crippen LogP contribution in [0.4, 0.5) is 4.39 Å². The van der Waals surface area contributed by atoms with Crippen LogP contribution in [0.3, 0.4) is 0 Å². The number of sulfone groups is 1. The summed E-state index contributed by atoms with van der Waals surface area (Å²) in [4.78, 5) is 4.69. The molecule has 2 unspecified atom stereocenters. The number of benzene rings is 2. The zero-order chi connectivity index (χ0) is 23.6. The maximum Gasteiger partial charge on any atom is 0.217 e. The highest BCUT2D eigenvalue weighted by Crippen LogP contribution is 2.35. The molecule has 33 heavy (non-hydrogen) atoms. The van der Waals surface area contributed by atoms with E-state index >= 15 is 0 Å². The molecule has 2 aromatic carbocycles. The van der Waals surface area contributed by atoms with E-state index in [-0.39, 0.29) is 28.7 Å². The number of pyridine rings is 1. The first-order valence-corrected chi connectivity index (χ1v) is 13.5. The molecule has 176 valence electrons. The van der Waals surface area contributed by atoms with E-state index in [4.69, 9.17) is 9.72 Å². The van der Waals surface area contributed by atoms with Gasteiger partial charge >= 0.3 is 0 Å². The lowest BCUT2D eigenvalue weighted by Crippen LogP contribution is -2.30. The van der Waals surface area contributed by atoms with Gasteiger partial charge in [0.1, 0.15) is 5.82 Å². The molecule has 6 heteroatoms. The molecule has 0 saturated heterocycles. The summed E-state index contributed by atoms with van der Waals surface area (Å²) >= 11 is 0. The molecule has 1 heterocycles. The van der Waals surface area contributed by atoms with Crippen LogP contribution in [0.1, 0.15) is 57.4 Å². The van der Waals surface area contributed by atoms with Gasteiger partial charge in [-0.15, -0.1) is 0 Å². The number of hydrogen-bond donors (Lipinski definition) is 0. The van der Waals surface area contributed by atoms with Gasteiger partial charge in [0.25, 0.3) is 0 Å². The van der Waals surface area contributed by atoms with Gasteiger partial charge in [0.2, 0.25) is 5.88 Å². The average molecular weight is 470 g/mol. The molecule has 0 spiro atoms. The smallest absolute Gasteiger partial charge is 0.217 e. The third-order valence-electron chi connectivity index (χ3n) is 7.11. The van der Waals surface area contributed by atoms with Gasteiger partial charge < -0.3 is 4.74 Å². The third-order valence-corrected chi connectivity index (χ3v) is 9.58. The number of methoxy groups -OCH3 is 1. The Morgan fingerprint density at radius 2 is 1.82 bits per heavy atom. The lowest BCUT2D eigenvalue weighted by molar-refractivity contribution is 0.382. The summed E-state index contributed by atoms with van der Waals surface area (Å²) in [6, 6.07) is 14.5. The predicted molar refractivity (Wildman–Crippen MR) is 132 cm³/mol. The molecule has 1 aromatic heterocycles. The second-order valence-corrected chi connectivity index (χ2v) is 11.7. The van der Waals surface area contributed by atoms with Gasteiger partial charge in [0.15, 0.2) is 9.84 Å². The maximum atomic E-state index is 14.3. The van der Waals surface area contributed by atoms with E-state index in [1.807, 2.05) is 44.2 Å². The molecule has 0 N–H and O–H groups in total. The van der Waals surface area contributed by atoms with Gasteiger partial charge in [0, 0.05) is 16.5 Å². The Kier molecular flexibility index (Phi) is 7.03. The normalized spacial score (nSPS) is 17.1. The molecule has 2 atom stereocenters. The summed E-state index contributed by atoms with van der Waals surface area (Å²) < 4.78 is 45.8. The molecule has 0 amide bonds. The molecule has 3 aromatic rings. The van der Waals surface area contributed by atoms with Crippen LogP contribution < -0.4 is 4.74 Å². The lowest BCUT2D eigenvalue weighted by Gasteiger charge is -2.26. The fourth-order valence-corrected chi connectivity index (χ4v) is 7.24. The standard InChI is InChI=1S/C27H32FNO3S/c1-18(17-33(30,31)22-9-5-4-6-10-22)19(2)23-14-15-26(29-27(23)32-3)21-13-12-20-8-7-11-25(28)24(20)16-21/h7-8,11-16,18-19,22H,4-6,9-10,17H2,1-3H3. The van der Waals surface area contributed by atoms with E-state index in [0.717, 1.165) is 48.6 Å². The topological polar surface area (TPSA) is 56.3 Å². The minimum Gasteiger partial charge on any atom is -0.481 e. The maximum absolute atomic E-state index is 14.3. The lowest BCUT2D eigenvalue weighted by atomic mass is 9.90. The second kappa shape index (κ2) is 9.80. The first-order valence-electron chi connectivity index (χ1n) is 11.8. The van der Waals surface area contributed by atoms with Gasteiger partial charge in [-0.1, -0.05) is 63.4 Å². The summed E-state index contributed by atoms with van der Waals surface area (Å²) in [6.45, 7) is 4.02. The molecular formula is C27H32FNO3S. The predicted octanol–water partition coefficient (Wildman–Crippen LogP) is 6.54. The number of aromatic nitrogens is 1. The van der Waals surface area contributed by atoms with E-state index in [1.54, 1.807) is 19.2 Å². The minimum atomic E-state index is -3.13. The Bertz CT molecular complexity index is 1240. The summed E-state index contributed by atoms with van der Waals surface area (Å²) in [5, 5.41) is 1.19. The Morgan fingerprint density at radius 3 is 2.55 bits per heavy atom.